The van der Waals surface area contributed by atoms with Crippen LogP contribution in [0.1, 0.15) is 51.4 Å². The Kier molecular flexibility index (Phi) is 7.09. The maximum Gasteiger partial charge on any atom is 0.338 e. The van der Waals surface area contributed by atoms with Crippen LogP contribution in [0.15, 0.2) is 24.3 Å². The number of benzene rings is 1. The molecule has 0 aromatic heterocycles. The van der Waals surface area contributed by atoms with E-state index < -0.39 is 0 Å². The van der Waals surface area contributed by atoms with Crippen LogP contribution in [-0.4, -0.2) is 18.5 Å². The highest BCUT2D eigenvalue weighted by atomic mass is 16.5. The van der Waals surface area contributed by atoms with Gasteiger partial charge in [-0.05, 0) is 43.4 Å². The molecule has 0 heterocycles. The smallest absolute Gasteiger partial charge is 0.338 e. The van der Waals surface area contributed by atoms with Crippen LogP contribution in [0.2, 0.25) is 0 Å². The summed E-state index contributed by atoms with van der Waals surface area (Å²) in [5.41, 5.74) is 1.08. The van der Waals surface area contributed by atoms with E-state index in [0.29, 0.717) is 23.8 Å². The molecule has 0 spiro atoms. The van der Waals surface area contributed by atoms with E-state index in [1.54, 1.807) is 31.2 Å². The third kappa shape index (κ3) is 5.51. The molecule has 0 bridgehead atoms. The van der Waals surface area contributed by atoms with Gasteiger partial charge in [-0.15, -0.1) is 0 Å². The molecule has 1 N–H and O–H groups in total. The molecule has 0 radical (unpaired) electrons. The molecular weight excluding hydrogens is 278 g/mol. The average Bonchev–Trinajstić information content (AvgIpc) is 2.44. The van der Waals surface area contributed by atoms with Crippen molar-refractivity contribution in [2.45, 2.75) is 41.0 Å². The zero-order valence-electron chi connectivity index (χ0n) is 14.2. The second-order valence-electron chi connectivity index (χ2n) is 6.27. The van der Waals surface area contributed by atoms with Crippen LogP contribution in [0, 0.1) is 17.8 Å². The minimum atomic E-state index is -0.374. The van der Waals surface area contributed by atoms with Crippen molar-refractivity contribution in [2.75, 3.05) is 11.9 Å². The Labute approximate surface area is 133 Å². The third-order valence-corrected chi connectivity index (χ3v) is 3.51. The van der Waals surface area contributed by atoms with E-state index in [-0.39, 0.29) is 23.7 Å². The van der Waals surface area contributed by atoms with Gasteiger partial charge in [0.1, 0.15) is 0 Å². The van der Waals surface area contributed by atoms with Crippen molar-refractivity contribution in [2.24, 2.45) is 17.8 Å². The van der Waals surface area contributed by atoms with Crippen molar-refractivity contribution in [1.29, 1.82) is 0 Å². The second-order valence-corrected chi connectivity index (χ2v) is 6.27. The number of carbonyl (C=O) groups excluding carboxylic acids is 2. The van der Waals surface area contributed by atoms with Crippen molar-refractivity contribution >= 4 is 17.6 Å². The molecule has 0 aliphatic heterocycles. The minimum absolute atomic E-state index is 0.00436. The lowest BCUT2D eigenvalue weighted by atomic mass is 9.87. The normalized spacial score (nSPS) is 12.3. The number of hydrogen-bond acceptors (Lipinski definition) is 3. The van der Waals surface area contributed by atoms with E-state index in [4.69, 9.17) is 4.74 Å². The lowest BCUT2D eigenvalue weighted by Crippen LogP contribution is -2.28. The molecule has 1 aromatic carbocycles. The molecule has 1 amide bonds. The van der Waals surface area contributed by atoms with Gasteiger partial charge in [-0.2, -0.15) is 0 Å². The number of ether oxygens (including phenoxy) is 1. The van der Waals surface area contributed by atoms with Crippen molar-refractivity contribution in [3.8, 4) is 0 Å². The number of nitrogens with one attached hydrogen (secondary N) is 1. The molecule has 1 unspecified atom stereocenters. The Morgan fingerprint density at radius 3 is 2.41 bits per heavy atom. The number of carbonyl (C=O) groups is 2. The van der Waals surface area contributed by atoms with Crippen LogP contribution in [0.4, 0.5) is 5.69 Å². The van der Waals surface area contributed by atoms with Gasteiger partial charge in [-0.3, -0.25) is 4.79 Å². The van der Waals surface area contributed by atoms with E-state index in [0.717, 1.165) is 6.42 Å². The van der Waals surface area contributed by atoms with Crippen LogP contribution >= 0.6 is 0 Å². The largest absolute Gasteiger partial charge is 0.462 e. The van der Waals surface area contributed by atoms with Crippen LogP contribution in [0.5, 0.6) is 0 Å². The molecular formula is C18H27NO3. The van der Waals surface area contributed by atoms with Crippen LogP contribution in [0.3, 0.4) is 0 Å². The standard InChI is InChI=1S/C18H27NO3/c1-6-22-18(21)14-8-7-9-15(11-14)19-17(20)16(13(4)5)10-12(2)3/h7-9,11-13,16H,6,10H2,1-5H3,(H,19,20). The summed E-state index contributed by atoms with van der Waals surface area (Å²) in [6, 6.07) is 6.87. The monoisotopic (exact) mass is 305 g/mol. The van der Waals surface area contributed by atoms with Crippen molar-refractivity contribution in [3.05, 3.63) is 29.8 Å². The predicted molar refractivity (Wildman–Crippen MR) is 88.8 cm³/mol. The molecule has 0 saturated carbocycles. The molecule has 4 heteroatoms. The Balaban J connectivity index is 2.82. The summed E-state index contributed by atoms with van der Waals surface area (Å²) >= 11 is 0. The Morgan fingerprint density at radius 2 is 1.86 bits per heavy atom. The fourth-order valence-corrected chi connectivity index (χ4v) is 2.36. The van der Waals surface area contributed by atoms with Gasteiger partial charge >= 0.3 is 5.97 Å². The summed E-state index contributed by atoms with van der Waals surface area (Å²) in [7, 11) is 0. The first-order chi connectivity index (χ1) is 10.3. The molecule has 1 rings (SSSR count). The van der Waals surface area contributed by atoms with Gasteiger partial charge in [-0.25, -0.2) is 4.79 Å². The highest BCUT2D eigenvalue weighted by Gasteiger charge is 2.23. The number of anilines is 1. The van der Waals surface area contributed by atoms with Gasteiger partial charge in [-0.1, -0.05) is 33.8 Å². The molecule has 4 nitrogen and oxygen atoms in total. The first-order valence-electron chi connectivity index (χ1n) is 7.93. The predicted octanol–water partition coefficient (Wildman–Crippen LogP) is 4.12. The topological polar surface area (TPSA) is 55.4 Å². The first kappa shape index (κ1) is 18.2. The van der Waals surface area contributed by atoms with E-state index in [2.05, 4.69) is 33.0 Å². The number of esters is 1. The van der Waals surface area contributed by atoms with Crippen LogP contribution < -0.4 is 5.32 Å². The van der Waals surface area contributed by atoms with Crippen molar-refractivity contribution in [3.63, 3.8) is 0 Å². The van der Waals surface area contributed by atoms with Crippen LogP contribution in [-0.2, 0) is 9.53 Å². The minimum Gasteiger partial charge on any atom is -0.462 e. The summed E-state index contributed by atoms with van der Waals surface area (Å²) in [5.74, 6) is 0.330. The average molecular weight is 305 g/mol. The molecule has 0 saturated heterocycles. The van der Waals surface area contributed by atoms with Gasteiger partial charge < -0.3 is 10.1 Å². The summed E-state index contributed by atoms with van der Waals surface area (Å²) in [4.78, 5) is 24.2. The number of hydrogen-bond donors (Lipinski definition) is 1. The molecule has 0 fully saturated rings. The molecule has 22 heavy (non-hydrogen) atoms. The summed E-state index contributed by atoms with van der Waals surface area (Å²) < 4.78 is 4.97. The van der Waals surface area contributed by atoms with Crippen molar-refractivity contribution in [1.82, 2.24) is 0 Å². The lowest BCUT2D eigenvalue weighted by Gasteiger charge is -2.22. The zero-order valence-corrected chi connectivity index (χ0v) is 14.2. The number of rotatable bonds is 7. The number of amides is 1. The lowest BCUT2D eigenvalue weighted by molar-refractivity contribution is -0.121. The summed E-state index contributed by atoms with van der Waals surface area (Å²) in [6.07, 6.45) is 0.848. The SMILES string of the molecule is CCOC(=O)c1cccc(NC(=O)C(CC(C)C)C(C)C)c1. The third-order valence-electron chi connectivity index (χ3n) is 3.51. The molecule has 0 aliphatic rings. The summed E-state index contributed by atoms with van der Waals surface area (Å²) in [5, 5.41) is 2.92. The molecule has 122 valence electrons. The molecule has 1 aromatic rings. The van der Waals surface area contributed by atoms with Gasteiger partial charge in [0.25, 0.3) is 0 Å². The van der Waals surface area contributed by atoms with Crippen molar-refractivity contribution < 1.29 is 14.3 Å². The van der Waals surface area contributed by atoms with Gasteiger partial charge in [0, 0.05) is 11.6 Å². The molecule has 1 atom stereocenters. The Bertz CT molecular complexity index is 509. The summed E-state index contributed by atoms with van der Waals surface area (Å²) in [6.45, 7) is 10.4. The van der Waals surface area contributed by atoms with Gasteiger partial charge in [0.15, 0.2) is 0 Å². The maximum absolute atomic E-state index is 12.5. The zero-order chi connectivity index (χ0) is 16.7. The quantitative estimate of drug-likeness (QED) is 0.771. The van der Waals surface area contributed by atoms with E-state index in [1.807, 2.05) is 0 Å². The fourth-order valence-electron chi connectivity index (χ4n) is 2.36. The maximum atomic E-state index is 12.5. The fraction of sp³-hybridized carbons (Fsp3) is 0.556. The second kappa shape index (κ2) is 8.57. The Hall–Kier alpha value is -1.84. The van der Waals surface area contributed by atoms with E-state index in [1.165, 1.54) is 0 Å². The van der Waals surface area contributed by atoms with Crippen LogP contribution in [0.25, 0.3) is 0 Å². The first-order valence-corrected chi connectivity index (χ1v) is 7.93. The van der Waals surface area contributed by atoms with Gasteiger partial charge in [0.05, 0.1) is 12.2 Å². The highest BCUT2D eigenvalue weighted by molar-refractivity contribution is 5.95. The highest BCUT2D eigenvalue weighted by Crippen LogP contribution is 2.22. The Morgan fingerprint density at radius 1 is 1.18 bits per heavy atom. The van der Waals surface area contributed by atoms with E-state index >= 15 is 0 Å². The van der Waals surface area contributed by atoms with Gasteiger partial charge in [0.2, 0.25) is 5.91 Å². The van der Waals surface area contributed by atoms with E-state index in [9.17, 15) is 9.59 Å². The molecule has 0 aliphatic carbocycles.